The second-order valence-electron chi connectivity index (χ2n) is 11.3. The van der Waals surface area contributed by atoms with Gasteiger partial charge in [-0.25, -0.2) is 0 Å². The smallest absolute Gasteiger partial charge is 0.234 e. The van der Waals surface area contributed by atoms with E-state index in [-0.39, 0.29) is 0 Å². The summed E-state index contributed by atoms with van der Waals surface area (Å²) in [7, 11) is 0. The summed E-state index contributed by atoms with van der Waals surface area (Å²) in [6.07, 6.45) is 36.2. The summed E-state index contributed by atoms with van der Waals surface area (Å²) in [5, 5.41) is 0. The molecule has 0 bridgehead atoms. The van der Waals surface area contributed by atoms with Gasteiger partial charge < -0.3 is 0 Å². The van der Waals surface area contributed by atoms with E-state index in [0.29, 0.717) is 0 Å². The highest BCUT2D eigenvalue weighted by Gasteiger charge is 2.10. The van der Waals surface area contributed by atoms with Crippen LogP contribution >= 0.6 is 0 Å². The molecule has 0 fully saturated rings. The lowest BCUT2D eigenvalue weighted by Crippen LogP contribution is -2.31. The summed E-state index contributed by atoms with van der Waals surface area (Å²) in [5.41, 5.74) is 0. The molecule has 2 nitrogen and oxygen atoms in total. The van der Waals surface area contributed by atoms with E-state index >= 15 is 0 Å². The highest BCUT2D eigenvalue weighted by molar-refractivity contribution is 5.48. The zero-order valence-electron chi connectivity index (χ0n) is 25.3. The molecule has 0 spiro atoms. The molecule has 0 aliphatic rings. The Morgan fingerprint density at radius 1 is 0.371 bits per heavy atom. The van der Waals surface area contributed by atoms with Gasteiger partial charge in [-0.15, -0.1) is 0 Å². The van der Waals surface area contributed by atoms with E-state index in [0.717, 1.165) is 0 Å². The summed E-state index contributed by atoms with van der Waals surface area (Å²) < 4.78 is 2.72. The minimum Gasteiger partial charge on any atom is -0.268 e. The first-order valence-corrected chi connectivity index (χ1v) is 16.6. The van der Waals surface area contributed by atoms with Crippen molar-refractivity contribution in [2.45, 2.75) is 182 Å². The van der Waals surface area contributed by atoms with Gasteiger partial charge in [-0.2, -0.15) is 0 Å². The first-order chi connectivity index (χ1) is 17.3. The van der Waals surface area contributed by atoms with Crippen molar-refractivity contribution in [3.8, 4) is 0 Å². The van der Waals surface area contributed by atoms with Crippen LogP contribution in [0.5, 0.6) is 0 Å². The molecule has 0 saturated carbocycles. The zero-order chi connectivity index (χ0) is 25.7. The van der Waals surface area contributed by atoms with Gasteiger partial charge in [-0.3, -0.25) is 9.48 Å². The first kappa shape index (κ1) is 34.5. The van der Waals surface area contributed by atoms with Crippen molar-refractivity contribution >= 4 is 6.34 Å². The van der Waals surface area contributed by atoms with Crippen LogP contribution in [-0.2, 0) is 0 Å². The molecular weight excluding hydrogens is 424 g/mol. The molecule has 0 saturated heterocycles. The molecule has 0 aliphatic heterocycles. The fourth-order valence-electron chi connectivity index (χ4n) is 5.07. The van der Waals surface area contributed by atoms with E-state index in [4.69, 9.17) is 0 Å². The van der Waals surface area contributed by atoms with Crippen molar-refractivity contribution in [3.05, 3.63) is 0 Å². The van der Waals surface area contributed by atoms with Crippen LogP contribution in [0, 0.1) is 0 Å². The van der Waals surface area contributed by atoms with Crippen LogP contribution in [0.3, 0.4) is 0 Å². The molecule has 0 aromatic heterocycles. The predicted octanol–water partition coefficient (Wildman–Crippen LogP) is 10.8. The molecule has 0 rings (SSSR count). The largest absolute Gasteiger partial charge is 0.268 e. The lowest BCUT2D eigenvalue weighted by Gasteiger charge is -2.17. The van der Waals surface area contributed by atoms with Gasteiger partial charge >= 0.3 is 0 Å². The SMILES string of the molecule is CCCCCCCCN(C=[N+](CCCCCCCC)CCCCCCCC)CCCCCCCC. The maximum Gasteiger partial charge on any atom is 0.234 e. The summed E-state index contributed by atoms with van der Waals surface area (Å²) >= 11 is 0. The van der Waals surface area contributed by atoms with Crippen LogP contribution in [-0.4, -0.2) is 42.0 Å². The van der Waals surface area contributed by atoms with Gasteiger partial charge in [0, 0.05) is 0 Å². The number of unbranched alkanes of at least 4 members (excludes halogenated alkanes) is 20. The zero-order valence-corrected chi connectivity index (χ0v) is 25.3. The van der Waals surface area contributed by atoms with E-state index in [2.05, 4.69) is 43.5 Å². The summed E-state index contributed by atoms with van der Waals surface area (Å²) in [4.78, 5) is 2.72. The van der Waals surface area contributed by atoms with Gasteiger partial charge in [0.1, 0.15) is 0 Å². The Labute approximate surface area is 223 Å². The molecule has 2 heteroatoms. The standard InChI is InChI=1S/C33H69N2/c1-5-9-13-17-21-25-29-34(30-26-22-18-14-10-6-2)33-35(31-27-23-19-15-11-7-3)32-28-24-20-16-12-8-4/h33H,5-32H2,1-4H3/q+1. The molecule has 0 radical (unpaired) electrons. The van der Waals surface area contributed by atoms with Crippen LogP contribution in [0.25, 0.3) is 0 Å². The molecule has 0 atom stereocenters. The fourth-order valence-corrected chi connectivity index (χ4v) is 5.07. The molecule has 0 N–H and O–H groups in total. The summed E-state index contributed by atoms with van der Waals surface area (Å²) in [5.74, 6) is 0. The summed E-state index contributed by atoms with van der Waals surface area (Å²) in [6.45, 7) is 14.3. The topological polar surface area (TPSA) is 6.25 Å². The molecular formula is C33H69N2+. The highest BCUT2D eigenvalue weighted by Crippen LogP contribution is 2.10. The maximum absolute atomic E-state index is 2.72. The maximum atomic E-state index is 2.72. The van der Waals surface area contributed by atoms with Crippen LogP contribution in [0.4, 0.5) is 0 Å². The Hall–Kier alpha value is -0.530. The van der Waals surface area contributed by atoms with Gasteiger partial charge in [0.25, 0.3) is 0 Å². The highest BCUT2D eigenvalue weighted by atomic mass is 15.2. The van der Waals surface area contributed by atoms with Gasteiger partial charge in [-0.1, -0.05) is 130 Å². The van der Waals surface area contributed by atoms with E-state index in [1.165, 1.54) is 180 Å². The molecule has 0 amide bonds. The van der Waals surface area contributed by atoms with Gasteiger partial charge in [0.2, 0.25) is 6.34 Å². The van der Waals surface area contributed by atoms with Crippen molar-refractivity contribution in [2.24, 2.45) is 0 Å². The second kappa shape index (κ2) is 29.7. The molecule has 0 heterocycles. The molecule has 0 unspecified atom stereocenters. The van der Waals surface area contributed by atoms with Crippen LogP contribution < -0.4 is 0 Å². The first-order valence-electron chi connectivity index (χ1n) is 16.6. The second-order valence-corrected chi connectivity index (χ2v) is 11.3. The number of hydrogen-bond donors (Lipinski definition) is 0. The van der Waals surface area contributed by atoms with Gasteiger partial charge in [0.05, 0.1) is 26.2 Å². The minimum absolute atomic E-state index is 1.27. The lowest BCUT2D eigenvalue weighted by atomic mass is 10.1. The van der Waals surface area contributed by atoms with E-state index in [1.54, 1.807) is 0 Å². The van der Waals surface area contributed by atoms with E-state index in [1.807, 2.05) is 0 Å². The number of nitrogens with zero attached hydrogens (tertiary/aromatic N) is 2. The van der Waals surface area contributed by atoms with Crippen molar-refractivity contribution in [3.63, 3.8) is 0 Å². The third-order valence-electron chi connectivity index (χ3n) is 7.52. The third kappa shape index (κ3) is 26.3. The molecule has 0 aromatic carbocycles. The fraction of sp³-hybridized carbons (Fsp3) is 0.970. The third-order valence-corrected chi connectivity index (χ3v) is 7.52. The molecule has 210 valence electrons. The predicted molar refractivity (Wildman–Crippen MR) is 161 cm³/mol. The monoisotopic (exact) mass is 494 g/mol. The van der Waals surface area contributed by atoms with Gasteiger partial charge in [0.15, 0.2) is 0 Å². The number of rotatable bonds is 29. The number of hydrogen-bond acceptors (Lipinski definition) is 0. The van der Waals surface area contributed by atoms with Crippen molar-refractivity contribution in [1.29, 1.82) is 0 Å². The summed E-state index contributed by atoms with van der Waals surface area (Å²) in [6, 6.07) is 0. The van der Waals surface area contributed by atoms with Crippen LogP contribution in [0.15, 0.2) is 0 Å². The average Bonchev–Trinajstić information content (AvgIpc) is 2.87. The minimum atomic E-state index is 1.27. The van der Waals surface area contributed by atoms with Crippen molar-refractivity contribution in [2.75, 3.05) is 26.2 Å². The van der Waals surface area contributed by atoms with Crippen LogP contribution in [0.2, 0.25) is 0 Å². The Bertz CT molecular complexity index is 383. The Morgan fingerprint density at radius 3 is 1.00 bits per heavy atom. The molecule has 0 aliphatic carbocycles. The van der Waals surface area contributed by atoms with E-state index in [9.17, 15) is 0 Å². The normalized spacial score (nSPS) is 11.2. The lowest BCUT2D eigenvalue weighted by molar-refractivity contribution is -0.529. The molecule has 0 aromatic rings. The van der Waals surface area contributed by atoms with Gasteiger partial charge in [-0.05, 0) is 51.4 Å². The van der Waals surface area contributed by atoms with Crippen LogP contribution in [0.1, 0.15) is 182 Å². The van der Waals surface area contributed by atoms with E-state index < -0.39 is 0 Å². The molecule has 35 heavy (non-hydrogen) atoms. The average molecular weight is 494 g/mol. The Morgan fingerprint density at radius 2 is 0.657 bits per heavy atom. The van der Waals surface area contributed by atoms with Crippen molar-refractivity contribution < 1.29 is 4.58 Å². The Balaban J connectivity index is 4.75. The quantitative estimate of drug-likeness (QED) is 0.0434. The Kier molecular flexibility index (Phi) is 29.2. The van der Waals surface area contributed by atoms with Crippen molar-refractivity contribution in [1.82, 2.24) is 4.90 Å².